The molecule has 132 valence electrons. The van der Waals surface area contributed by atoms with Crippen molar-refractivity contribution in [3.05, 3.63) is 36.2 Å². The number of nitrogen functional groups attached to an aromatic ring is 1. The fraction of sp³-hybridized carbons (Fsp3) is 0.312. The van der Waals surface area contributed by atoms with Crippen molar-refractivity contribution in [2.45, 2.75) is 17.7 Å². The minimum Gasteiger partial charge on any atom is -0.464 e. The van der Waals surface area contributed by atoms with Crippen molar-refractivity contribution in [3.63, 3.8) is 0 Å². The number of nitrogens with zero attached hydrogens (tertiary/aromatic N) is 3. The van der Waals surface area contributed by atoms with Gasteiger partial charge in [0.2, 0.25) is 10.0 Å². The zero-order valence-corrected chi connectivity index (χ0v) is 14.5. The van der Waals surface area contributed by atoms with Crippen LogP contribution in [0.4, 0.5) is 5.82 Å². The normalized spacial score (nSPS) is 15.2. The van der Waals surface area contributed by atoms with Crippen LogP contribution in [0.5, 0.6) is 0 Å². The van der Waals surface area contributed by atoms with Gasteiger partial charge in [0.05, 0.1) is 23.9 Å². The Hall–Kier alpha value is -2.52. The van der Waals surface area contributed by atoms with E-state index in [1.807, 2.05) is 0 Å². The monoisotopic (exact) mass is 362 g/mol. The second-order valence-corrected chi connectivity index (χ2v) is 7.55. The van der Waals surface area contributed by atoms with Crippen molar-refractivity contribution >= 4 is 21.8 Å². The van der Waals surface area contributed by atoms with Crippen molar-refractivity contribution in [3.8, 4) is 11.3 Å². The summed E-state index contributed by atoms with van der Waals surface area (Å²) in [5, 5.41) is 0. The van der Waals surface area contributed by atoms with Crippen LogP contribution in [-0.4, -0.2) is 48.9 Å². The minimum absolute atomic E-state index is 0.0242. The van der Waals surface area contributed by atoms with Gasteiger partial charge in [-0.15, -0.1) is 0 Å². The smallest absolute Gasteiger partial charge is 0.360 e. The molecule has 0 radical (unpaired) electrons. The lowest BCUT2D eigenvalue weighted by Gasteiger charge is -2.15. The number of hydrogen-bond donors (Lipinski definition) is 1. The van der Waals surface area contributed by atoms with Crippen molar-refractivity contribution in [1.29, 1.82) is 0 Å². The largest absolute Gasteiger partial charge is 0.464 e. The topological polar surface area (TPSA) is 115 Å². The lowest BCUT2D eigenvalue weighted by atomic mass is 10.1. The number of nitrogens with two attached hydrogens (primary N) is 1. The van der Waals surface area contributed by atoms with Gasteiger partial charge in [-0.1, -0.05) is 12.1 Å². The van der Waals surface area contributed by atoms with E-state index in [1.54, 1.807) is 12.1 Å². The zero-order valence-electron chi connectivity index (χ0n) is 13.7. The molecule has 1 aromatic carbocycles. The number of benzene rings is 1. The third-order valence-corrected chi connectivity index (χ3v) is 5.95. The van der Waals surface area contributed by atoms with E-state index in [9.17, 15) is 13.2 Å². The van der Waals surface area contributed by atoms with Gasteiger partial charge in [-0.2, -0.15) is 4.31 Å². The van der Waals surface area contributed by atoms with Crippen molar-refractivity contribution in [2.75, 3.05) is 25.9 Å². The maximum atomic E-state index is 12.5. The molecule has 1 aromatic heterocycles. The van der Waals surface area contributed by atoms with Crippen molar-refractivity contribution < 1.29 is 17.9 Å². The molecule has 1 fully saturated rings. The molecule has 2 N–H and O–H groups in total. The standard InChI is InChI=1S/C16H18N4O4S/c1-24-16(21)14-15(17)18-10-13(19-14)11-4-6-12(7-5-11)25(22,23)20-8-2-3-9-20/h4-7,10H,2-3,8-9H2,1H3,(H2,17,18). The van der Waals surface area contributed by atoms with E-state index in [0.29, 0.717) is 24.3 Å². The Bertz CT molecular complexity index is 891. The highest BCUT2D eigenvalue weighted by Gasteiger charge is 2.27. The van der Waals surface area contributed by atoms with E-state index in [0.717, 1.165) is 12.8 Å². The second-order valence-electron chi connectivity index (χ2n) is 5.62. The molecule has 0 aliphatic carbocycles. The van der Waals surface area contributed by atoms with Gasteiger partial charge in [-0.25, -0.2) is 23.2 Å². The lowest BCUT2D eigenvalue weighted by Crippen LogP contribution is -2.27. The Balaban J connectivity index is 1.92. The molecule has 0 saturated carbocycles. The van der Waals surface area contributed by atoms with E-state index in [2.05, 4.69) is 14.7 Å². The zero-order chi connectivity index (χ0) is 18.0. The molecule has 1 aliphatic heterocycles. The molecular formula is C16H18N4O4S. The van der Waals surface area contributed by atoms with Gasteiger partial charge in [-0.3, -0.25) is 0 Å². The molecule has 2 heterocycles. The Morgan fingerprint density at radius 2 is 1.84 bits per heavy atom. The first-order valence-electron chi connectivity index (χ1n) is 7.75. The van der Waals surface area contributed by atoms with E-state index in [1.165, 1.54) is 29.7 Å². The van der Waals surface area contributed by atoms with Gasteiger partial charge >= 0.3 is 5.97 Å². The van der Waals surface area contributed by atoms with Gasteiger partial charge in [0, 0.05) is 18.7 Å². The summed E-state index contributed by atoms with van der Waals surface area (Å²) in [4.78, 5) is 20.0. The molecule has 9 heteroatoms. The molecule has 8 nitrogen and oxygen atoms in total. The summed E-state index contributed by atoms with van der Waals surface area (Å²) in [7, 11) is -2.24. The van der Waals surface area contributed by atoms with Crippen molar-refractivity contribution in [1.82, 2.24) is 14.3 Å². The SMILES string of the molecule is COC(=O)c1nc(-c2ccc(S(=O)(=O)N3CCCC3)cc2)cnc1N. The van der Waals surface area contributed by atoms with E-state index in [4.69, 9.17) is 5.73 Å². The molecule has 1 saturated heterocycles. The highest BCUT2D eigenvalue weighted by atomic mass is 32.2. The number of ether oxygens (including phenoxy) is 1. The quantitative estimate of drug-likeness (QED) is 0.815. The van der Waals surface area contributed by atoms with Gasteiger partial charge in [-0.05, 0) is 25.0 Å². The number of anilines is 1. The van der Waals surface area contributed by atoms with Crippen LogP contribution in [0.25, 0.3) is 11.3 Å². The number of carbonyl (C=O) groups excluding carboxylic acids is 1. The molecule has 3 rings (SSSR count). The molecule has 0 unspecified atom stereocenters. The highest BCUT2D eigenvalue weighted by molar-refractivity contribution is 7.89. The third-order valence-electron chi connectivity index (χ3n) is 4.03. The molecule has 2 aromatic rings. The number of aromatic nitrogens is 2. The average molecular weight is 362 g/mol. The maximum Gasteiger partial charge on any atom is 0.360 e. The summed E-state index contributed by atoms with van der Waals surface area (Å²) in [6.07, 6.45) is 3.19. The van der Waals surface area contributed by atoms with Crippen LogP contribution in [0.3, 0.4) is 0 Å². The maximum absolute atomic E-state index is 12.5. The van der Waals surface area contributed by atoms with Crippen LogP contribution in [0.1, 0.15) is 23.3 Å². The minimum atomic E-state index is -3.47. The number of methoxy groups -OCH3 is 1. The van der Waals surface area contributed by atoms with Crippen LogP contribution in [0.15, 0.2) is 35.4 Å². The van der Waals surface area contributed by atoms with E-state index < -0.39 is 16.0 Å². The molecule has 25 heavy (non-hydrogen) atoms. The Labute approximate surface area is 145 Å². The first kappa shape index (κ1) is 17.3. The first-order valence-corrected chi connectivity index (χ1v) is 9.19. The fourth-order valence-electron chi connectivity index (χ4n) is 2.66. The van der Waals surface area contributed by atoms with Crippen LogP contribution >= 0.6 is 0 Å². The van der Waals surface area contributed by atoms with Crippen LogP contribution in [-0.2, 0) is 14.8 Å². The first-order chi connectivity index (χ1) is 11.9. The van der Waals surface area contributed by atoms with E-state index >= 15 is 0 Å². The second kappa shape index (κ2) is 6.77. The number of carbonyl (C=O) groups is 1. The molecule has 0 amide bonds. The van der Waals surface area contributed by atoms with Crippen LogP contribution < -0.4 is 5.73 Å². The molecular weight excluding hydrogens is 344 g/mol. The summed E-state index contributed by atoms with van der Waals surface area (Å²) < 4.78 is 31.2. The molecule has 0 spiro atoms. The summed E-state index contributed by atoms with van der Waals surface area (Å²) in [6.45, 7) is 1.10. The Kier molecular flexibility index (Phi) is 4.69. The Morgan fingerprint density at radius 3 is 2.44 bits per heavy atom. The summed E-state index contributed by atoms with van der Waals surface area (Å²) in [6, 6.07) is 6.31. The fourth-order valence-corrected chi connectivity index (χ4v) is 4.18. The molecule has 0 atom stereocenters. The predicted octanol–water partition coefficient (Wildman–Crippen LogP) is 1.30. The van der Waals surface area contributed by atoms with Crippen LogP contribution in [0.2, 0.25) is 0 Å². The average Bonchev–Trinajstić information content (AvgIpc) is 3.17. The number of esters is 1. The van der Waals surface area contributed by atoms with Gasteiger partial charge in [0.25, 0.3) is 0 Å². The number of hydrogen-bond acceptors (Lipinski definition) is 7. The van der Waals surface area contributed by atoms with Gasteiger partial charge in [0.15, 0.2) is 11.5 Å². The Morgan fingerprint density at radius 1 is 1.20 bits per heavy atom. The number of sulfonamides is 1. The lowest BCUT2D eigenvalue weighted by molar-refractivity contribution is 0.0595. The summed E-state index contributed by atoms with van der Waals surface area (Å²) in [5.41, 5.74) is 6.59. The summed E-state index contributed by atoms with van der Waals surface area (Å²) >= 11 is 0. The summed E-state index contributed by atoms with van der Waals surface area (Å²) in [5.74, 6) is -0.705. The molecule has 0 bridgehead atoms. The van der Waals surface area contributed by atoms with Gasteiger partial charge < -0.3 is 10.5 Å². The third kappa shape index (κ3) is 3.33. The van der Waals surface area contributed by atoms with Gasteiger partial charge in [0.1, 0.15) is 0 Å². The van der Waals surface area contributed by atoms with E-state index in [-0.39, 0.29) is 16.4 Å². The van der Waals surface area contributed by atoms with Crippen molar-refractivity contribution in [2.24, 2.45) is 0 Å². The predicted molar refractivity (Wildman–Crippen MR) is 91.2 cm³/mol. The van der Waals surface area contributed by atoms with Crippen LogP contribution in [0, 0.1) is 0 Å². The number of rotatable bonds is 4. The molecule has 1 aliphatic rings. The highest BCUT2D eigenvalue weighted by Crippen LogP contribution is 2.24.